The van der Waals surface area contributed by atoms with Gasteiger partial charge in [-0.15, -0.1) is 0 Å². The Labute approximate surface area is 86.2 Å². The Balaban J connectivity index is 2.50. The van der Waals surface area contributed by atoms with Gasteiger partial charge in [0.05, 0.1) is 6.61 Å². The number of halogens is 2. The Morgan fingerprint density at radius 1 is 1.20 bits per heavy atom. The predicted octanol–water partition coefficient (Wildman–Crippen LogP) is 1.35. The van der Waals surface area contributed by atoms with Crippen molar-refractivity contribution in [2.75, 3.05) is 20.3 Å². The lowest BCUT2D eigenvalue weighted by atomic mass is 10.3. The highest BCUT2D eigenvalue weighted by Crippen LogP contribution is 2.15. The van der Waals surface area contributed by atoms with Crippen LogP contribution in [0, 0.1) is 11.6 Å². The average Bonchev–Trinajstić information content (AvgIpc) is 2.14. The molecule has 1 aromatic rings. The number of aliphatic hydroxyl groups excluding tert-OH is 1. The number of methoxy groups -OCH3 is 1. The Kier molecular flexibility index (Phi) is 4.45. The van der Waals surface area contributed by atoms with Gasteiger partial charge in [0, 0.05) is 25.3 Å². The van der Waals surface area contributed by atoms with E-state index < -0.39 is 17.7 Å². The van der Waals surface area contributed by atoms with Gasteiger partial charge in [-0.05, 0) is 0 Å². The predicted molar refractivity (Wildman–Crippen MR) is 49.7 cm³/mol. The normalized spacial score (nSPS) is 12.5. The molecule has 15 heavy (non-hydrogen) atoms. The second-order valence-electron chi connectivity index (χ2n) is 3.03. The van der Waals surface area contributed by atoms with Gasteiger partial charge in [0.1, 0.15) is 30.1 Å². The van der Waals surface area contributed by atoms with E-state index in [1.807, 2.05) is 0 Å². The largest absolute Gasteiger partial charge is 0.491 e. The third-order valence-electron chi connectivity index (χ3n) is 1.64. The molecule has 0 saturated carbocycles. The molecular weight excluding hydrogens is 206 g/mol. The average molecular weight is 218 g/mol. The van der Waals surface area contributed by atoms with Gasteiger partial charge in [-0.2, -0.15) is 0 Å². The maximum atomic E-state index is 12.7. The summed E-state index contributed by atoms with van der Waals surface area (Å²) in [6.07, 6.45) is -0.818. The molecule has 0 spiro atoms. The minimum absolute atomic E-state index is 0.0441. The molecule has 0 amide bonds. The first-order valence-corrected chi connectivity index (χ1v) is 4.37. The number of ether oxygens (including phenoxy) is 2. The first kappa shape index (κ1) is 11.9. The molecule has 84 valence electrons. The van der Waals surface area contributed by atoms with Crippen LogP contribution in [-0.4, -0.2) is 31.5 Å². The third kappa shape index (κ3) is 4.22. The Morgan fingerprint density at radius 2 is 1.80 bits per heavy atom. The van der Waals surface area contributed by atoms with Crippen LogP contribution in [0.3, 0.4) is 0 Å². The van der Waals surface area contributed by atoms with E-state index in [4.69, 9.17) is 4.74 Å². The van der Waals surface area contributed by atoms with Crippen LogP contribution in [-0.2, 0) is 4.74 Å². The first-order chi connectivity index (χ1) is 7.11. The summed E-state index contributed by atoms with van der Waals surface area (Å²) in [7, 11) is 1.44. The molecular formula is C10H12F2O3. The summed E-state index contributed by atoms with van der Waals surface area (Å²) in [6, 6.07) is 2.84. The van der Waals surface area contributed by atoms with Gasteiger partial charge in [-0.1, -0.05) is 0 Å². The molecule has 1 rings (SSSR count). The molecule has 0 aliphatic rings. The third-order valence-corrected chi connectivity index (χ3v) is 1.64. The second kappa shape index (κ2) is 5.63. The lowest BCUT2D eigenvalue weighted by Crippen LogP contribution is -2.22. The summed E-state index contributed by atoms with van der Waals surface area (Å²) < 4.78 is 35.0. The summed E-state index contributed by atoms with van der Waals surface area (Å²) >= 11 is 0. The minimum atomic E-state index is -0.818. The van der Waals surface area contributed by atoms with Crippen LogP contribution in [0.15, 0.2) is 18.2 Å². The topological polar surface area (TPSA) is 38.7 Å². The van der Waals surface area contributed by atoms with Crippen LogP contribution < -0.4 is 4.74 Å². The van der Waals surface area contributed by atoms with E-state index in [0.717, 1.165) is 18.2 Å². The van der Waals surface area contributed by atoms with E-state index in [1.165, 1.54) is 7.11 Å². The molecule has 0 bridgehead atoms. The fourth-order valence-electron chi connectivity index (χ4n) is 1.04. The van der Waals surface area contributed by atoms with Crippen molar-refractivity contribution in [3.63, 3.8) is 0 Å². The molecule has 0 fully saturated rings. The Bertz CT molecular complexity index is 297. The maximum absolute atomic E-state index is 12.7. The second-order valence-corrected chi connectivity index (χ2v) is 3.03. The van der Waals surface area contributed by atoms with Crippen molar-refractivity contribution in [2.45, 2.75) is 6.10 Å². The maximum Gasteiger partial charge on any atom is 0.129 e. The van der Waals surface area contributed by atoms with Crippen molar-refractivity contribution >= 4 is 0 Å². The van der Waals surface area contributed by atoms with Crippen LogP contribution in [0.4, 0.5) is 8.78 Å². The fraction of sp³-hybridized carbons (Fsp3) is 0.400. The molecule has 1 N–H and O–H groups in total. The molecule has 1 unspecified atom stereocenters. The summed E-state index contributed by atoms with van der Waals surface area (Å²) in [5.41, 5.74) is 0. The quantitative estimate of drug-likeness (QED) is 0.810. The molecule has 0 aliphatic carbocycles. The summed E-state index contributed by atoms with van der Waals surface area (Å²) in [5, 5.41) is 9.21. The van der Waals surface area contributed by atoms with Crippen molar-refractivity contribution in [1.29, 1.82) is 0 Å². The molecule has 0 radical (unpaired) electrons. The lowest BCUT2D eigenvalue weighted by Gasteiger charge is -2.11. The molecule has 0 aromatic heterocycles. The molecule has 0 saturated heterocycles. The Morgan fingerprint density at radius 3 is 2.33 bits per heavy atom. The number of hydrogen-bond donors (Lipinski definition) is 1. The summed E-state index contributed by atoms with van der Waals surface area (Å²) in [5.74, 6) is -1.39. The number of hydrogen-bond acceptors (Lipinski definition) is 3. The van der Waals surface area contributed by atoms with Crippen molar-refractivity contribution in [3.05, 3.63) is 29.8 Å². The zero-order valence-electron chi connectivity index (χ0n) is 8.24. The highest BCUT2D eigenvalue weighted by Gasteiger charge is 2.06. The van der Waals surface area contributed by atoms with Crippen molar-refractivity contribution in [2.24, 2.45) is 0 Å². The van der Waals surface area contributed by atoms with Gasteiger partial charge in [0.25, 0.3) is 0 Å². The standard InChI is InChI=1S/C10H12F2O3/c1-14-5-9(13)6-15-10-3-7(11)2-8(12)4-10/h2-4,9,13H,5-6H2,1H3. The summed E-state index contributed by atoms with van der Waals surface area (Å²) in [4.78, 5) is 0. The van der Waals surface area contributed by atoms with Crippen LogP contribution >= 0.6 is 0 Å². The molecule has 1 atom stereocenters. The minimum Gasteiger partial charge on any atom is -0.491 e. The van der Waals surface area contributed by atoms with Gasteiger partial charge >= 0.3 is 0 Å². The molecule has 0 aliphatic heterocycles. The van der Waals surface area contributed by atoms with Crippen molar-refractivity contribution in [3.8, 4) is 5.75 Å². The van der Waals surface area contributed by atoms with E-state index in [1.54, 1.807) is 0 Å². The highest BCUT2D eigenvalue weighted by molar-refractivity contribution is 5.23. The van der Waals surface area contributed by atoms with Crippen LogP contribution in [0.5, 0.6) is 5.75 Å². The Hall–Kier alpha value is -1.20. The van der Waals surface area contributed by atoms with E-state index in [2.05, 4.69) is 4.74 Å². The molecule has 0 heterocycles. The molecule has 3 nitrogen and oxygen atoms in total. The zero-order chi connectivity index (χ0) is 11.3. The van der Waals surface area contributed by atoms with Crippen LogP contribution in [0.2, 0.25) is 0 Å². The smallest absolute Gasteiger partial charge is 0.129 e. The molecule has 1 aromatic carbocycles. The van der Waals surface area contributed by atoms with Gasteiger partial charge in [-0.3, -0.25) is 0 Å². The van der Waals surface area contributed by atoms with Gasteiger partial charge in [0.2, 0.25) is 0 Å². The zero-order valence-corrected chi connectivity index (χ0v) is 8.24. The van der Waals surface area contributed by atoms with Crippen molar-refractivity contribution < 1.29 is 23.4 Å². The number of benzene rings is 1. The molecule has 5 heteroatoms. The van der Waals surface area contributed by atoms with Crippen LogP contribution in [0.1, 0.15) is 0 Å². The highest BCUT2D eigenvalue weighted by atomic mass is 19.1. The van der Waals surface area contributed by atoms with Gasteiger partial charge < -0.3 is 14.6 Å². The first-order valence-electron chi connectivity index (χ1n) is 4.37. The SMILES string of the molecule is COCC(O)COc1cc(F)cc(F)c1. The van der Waals surface area contributed by atoms with E-state index in [0.29, 0.717) is 0 Å². The number of rotatable bonds is 5. The van der Waals surface area contributed by atoms with Crippen molar-refractivity contribution in [1.82, 2.24) is 0 Å². The summed E-state index contributed by atoms with van der Waals surface area (Å²) in [6.45, 7) is 0.0362. The van der Waals surface area contributed by atoms with E-state index in [-0.39, 0.29) is 19.0 Å². The van der Waals surface area contributed by atoms with Gasteiger partial charge in [0.15, 0.2) is 0 Å². The monoisotopic (exact) mass is 218 g/mol. The lowest BCUT2D eigenvalue weighted by molar-refractivity contribution is 0.0324. The number of aliphatic hydroxyl groups is 1. The fourth-order valence-corrected chi connectivity index (χ4v) is 1.04. The van der Waals surface area contributed by atoms with Crippen LogP contribution in [0.25, 0.3) is 0 Å². The van der Waals surface area contributed by atoms with E-state index >= 15 is 0 Å². The van der Waals surface area contributed by atoms with Gasteiger partial charge in [-0.25, -0.2) is 8.78 Å². The van der Waals surface area contributed by atoms with E-state index in [9.17, 15) is 13.9 Å².